The zero-order valence-electron chi connectivity index (χ0n) is 13.9. The van der Waals surface area contributed by atoms with Crippen molar-refractivity contribution < 1.29 is 0 Å². The predicted octanol–water partition coefficient (Wildman–Crippen LogP) is 2.84. The second kappa shape index (κ2) is 7.24. The van der Waals surface area contributed by atoms with Gasteiger partial charge in [-0.25, -0.2) is 0 Å². The highest BCUT2D eigenvalue weighted by molar-refractivity contribution is 4.98. The Morgan fingerprint density at radius 2 is 2.00 bits per heavy atom. The maximum atomic E-state index is 6.20. The summed E-state index contributed by atoms with van der Waals surface area (Å²) in [5.74, 6) is 0. The van der Waals surface area contributed by atoms with Crippen molar-refractivity contribution in [1.29, 1.82) is 0 Å². The molecule has 0 aromatic heterocycles. The first-order chi connectivity index (χ1) is 9.60. The summed E-state index contributed by atoms with van der Waals surface area (Å²) >= 11 is 0. The highest BCUT2D eigenvalue weighted by Crippen LogP contribution is 2.32. The third-order valence-electron chi connectivity index (χ3n) is 5.64. The largest absolute Gasteiger partial charge is 0.329 e. The fraction of sp³-hybridized carbons (Fsp3) is 1.00. The standard InChI is InChI=1S/C17H35N3/c1-4-5-6-7-10-17(3,14-18)20-13-16-9-8-11-19(16)12-15(20)2/h15-16H,4-14,18H2,1-3H3. The number of nitrogens with zero attached hydrogens (tertiary/aromatic N) is 2. The van der Waals surface area contributed by atoms with Crippen LogP contribution in [0.15, 0.2) is 0 Å². The minimum absolute atomic E-state index is 0.210. The third kappa shape index (κ3) is 3.55. The van der Waals surface area contributed by atoms with E-state index in [1.165, 1.54) is 64.6 Å². The fourth-order valence-electron chi connectivity index (χ4n) is 4.24. The van der Waals surface area contributed by atoms with E-state index in [2.05, 4.69) is 30.6 Å². The quantitative estimate of drug-likeness (QED) is 0.728. The molecule has 3 atom stereocenters. The number of nitrogens with two attached hydrogens (primary N) is 1. The van der Waals surface area contributed by atoms with Crippen LogP contribution in [0.5, 0.6) is 0 Å². The van der Waals surface area contributed by atoms with Gasteiger partial charge in [-0.15, -0.1) is 0 Å². The third-order valence-corrected chi connectivity index (χ3v) is 5.64. The molecule has 0 aromatic carbocycles. The van der Waals surface area contributed by atoms with Gasteiger partial charge in [0.2, 0.25) is 0 Å². The molecular weight excluding hydrogens is 246 g/mol. The molecule has 2 rings (SSSR count). The van der Waals surface area contributed by atoms with Crippen molar-refractivity contribution in [3.8, 4) is 0 Å². The fourth-order valence-corrected chi connectivity index (χ4v) is 4.24. The minimum Gasteiger partial charge on any atom is -0.329 e. The Kier molecular flexibility index (Phi) is 5.88. The van der Waals surface area contributed by atoms with Crippen LogP contribution < -0.4 is 5.73 Å². The molecule has 0 radical (unpaired) electrons. The van der Waals surface area contributed by atoms with Crippen molar-refractivity contribution in [2.75, 3.05) is 26.2 Å². The van der Waals surface area contributed by atoms with Crippen LogP contribution in [-0.4, -0.2) is 53.6 Å². The summed E-state index contributed by atoms with van der Waals surface area (Å²) in [5.41, 5.74) is 6.41. The summed E-state index contributed by atoms with van der Waals surface area (Å²) in [6.07, 6.45) is 9.42. The maximum Gasteiger partial charge on any atom is 0.0307 e. The molecule has 2 aliphatic heterocycles. The number of fused-ring (bicyclic) bond motifs is 1. The molecule has 0 amide bonds. The Bertz CT molecular complexity index is 294. The van der Waals surface area contributed by atoms with E-state index in [1.807, 2.05) is 0 Å². The van der Waals surface area contributed by atoms with Crippen LogP contribution in [0.1, 0.15) is 65.7 Å². The van der Waals surface area contributed by atoms with Crippen molar-refractivity contribution in [1.82, 2.24) is 9.80 Å². The number of rotatable bonds is 7. The van der Waals surface area contributed by atoms with Crippen molar-refractivity contribution in [3.63, 3.8) is 0 Å². The van der Waals surface area contributed by atoms with Gasteiger partial charge in [-0.1, -0.05) is 32.6 Å². The predicted molar refractivity (Wildman–Crippen MR) is 87.0 cm³/mol. The van der Waals surface area contributed by atoms with Gasteiger partial charge in [0.1, 0.15) is 0 Å². The lowest BCUT2D eigenvalue weighted by Gasteiger charge is -2.51. The monoisotopic (exact) mass is 281 g/mol. The molecule has 0 bridgehead atoms. The van der Waals surface area contributed by atoms with Crippen LogP contribution in [0.3, 0.4) is 0 Å². The molecular formula is C17H35N3. The number of hydrogen-bond donors (Lipinski definition) is 1. The van der Waals surface area contributed by atoms with Crippen LogP contribution in [0.2, 0.25) is 0 Å². The zero-order valence-corrected chi connectivity index (χ0v) is 13.9. The van der Waals surface area contributed by atoms with Crippen molar-refractivity contribution in [2.45, 2.75) is 83.3 Å². The Morgan fingerprint density at radius 3 is 2.70 bits per heavy atom. The van der Waals surface area contributed by atoms with Crippen LogP contribution in [0.4, 0.5) is 0 Å². The van der Waals surface area contributed by atoms with E-state index in [0.717, 1.165) is 12.6 Å². The summed E-state index contributed by atoms with van der Waals surface area (Å²) in [4.78, 5) is 5.45. The van der Waals surface area contributed by atoms with E-state index in [-0.39, 0.29) is 5.54 Å². The Labute approximate surface area is 125 Å². The molecule has 0 aliphatic carbocycles. The molecule has 20 heavy (non-hydrogen) atoms. The highest BCUT2D eigenvalue weighted by Gasteiger charge is 2.41. The SMILES string of the molecule is CCCCCCC(C)(CN)N1CC2CCCN2CC1C. The van der Waals surface area contributed by atoms with Crippen LogP contribution >= 0.6 is 0 Å². The van der Waals surface area contributed by atoms with Gasteiger partial charge in [0.25, 0.3) is 0 Å². The lowest BCUT2D eigenvalue weighted by atomic mass is 9.88. The molecule has 3 nitrogen and oxygen atoms in total. The molecule has 3 unspecified atom stereocenters. The van der Waals surface area contributed by atoms with Crippen LogP contribution in [-0.2, 0) is 0 Å². The molecule has 0 spiro atoms. The molecule has 118 valence electrons. The molecule has 0 saturated carbocycles. The molecule has 2 N–H and O–H groups in total. The topological polar surface area (TPSA) is 32.5 Å². The lowest BCUT2D eigenvalue weighted by Crippen LogP contribution is -2.64. The number of unbranched alkanes of at least 4 members (excludes halogenated alkanes) is 3. The van der Waals surface area contributed by atoms with Gasteiger partial charge in [-0.05, 0) is 39.7 Å². The Hall–Kier alpha value is -0.120. The Morgan fingerprint density at radius 1 is 1.20 bits per heavy atom. The van der Waals surface area contributed by atoms with Gasteiger partial charge >= 0.3 is 0 Å². The van der Waals surface area contributed by atoms with Crippen molar-refractivity contribution >= 4 is 0 Å². The first-order valence-corrected chi connectivity index (χ1v) is 8.81. The summed E-state index contributed by atoms with van der Waals surface area (Å²) in [7, 11) is 0. The van der Waals surface area contributed by atoms with E-state index in [4.69, 9.17) is 5.73 Å². The van der Waals surface area contributed by atoms with Crippen LogP contribution in [0, 0.1) is 0 Å². The molecule has 0 aromatic rings. The van der Waals surface area contributed by atoms with Crippen molar-refractivity contribution in [3.05, 3.63) is 0 Å². The van der Waals surface area contributed by atoms with E-state index in [0.29, 0.717) is 6.04 Å². The summed E-state index contributed by atoms with van der Waals surface area (Å²) in [5, 5.41) is 0. The van der Waals surface area contributed by atoms with Gasteiger partial charge in [-0.2, -0.15) is 0 Å². The number of hydrogen-bond acceptors (Lipinski definition) is 3. The van der Waals surface area contributed by atoms with Gasteiger partial charge in [-0.3, -0.25) is 9.80 Å². The van der Waals surface area contributed by atoms with Gasteiger partial charge < -0.3 is 5.73 Å². The van der Waals surface area contributed by atoms with Crippen LogP contribution in [0.25, 0.3) is 0 Å². The van der Waals surface area contributed by atoms with Gasteiger partial charge in [0.05, 0.1) is 0 Å². The first kappa shape index (κ1) is 16.3. The summed E-state index contributed by atoms with van der Waals surface area (Å²) in [6, 6.07) is 1.46. The van der Waals surface area contributed by atoms with Gasteiger partial charge in [0.15, 0.2) is 0 Å². The Balaban J connectivity index is 1.94. The summed E-state index contributed by atoms with van der Waals surface area (Å²) < 4.78 is 0. The zero-order chi connectivity index (χ0) is 14.6. The molecule has 2 fully saturated rings. The lowest BCUT2D eigenvalue weighted by molar-refractivity contribution is -0.0173. The molecule has 2 aliphatic rings. The molecule has 2 heterocycles. The van der Waals surface area contributed by atoms with E-state index in [1.54, 1.807) is 0 Å². The first-order valence-electron chi connectivity index (χ1n) is 8.81. The average Bonchev–Trinajstić information content (AvgIpc) is 2.89. The van der Waals surface area contributed by atoms with E-state index in [9.17, 15) is 0 Å². The average molecular weight is 281 g/mol. The van der Waals surface area contributed by atoms with Gasteiger partial charge in [0, 0.05) is 37.3 Å². The second-order valence-electron chi connectivity index (χ2n) is 7.30. The summed E-state index contributed by atoms with van der Waals surface area (Å²) in [6.45, 7) is 11.7. The minimum atomic E-state index is 0.210. The maximum absolute atomic E-state index is 6.20. The highest BCUT2D eigenvalue weighted by atomic mass is 15.3. The van der Waals surface area contributed by atoms with Crippen molar-refractivity contribution in [2.24, 2.45) is 5.73 Å². The van der Waals surface area contributed by atoms with E-state index < -0.39 is 0 Å². The molecule has 2 saturated heterocycles. The second-order valence-corrected chi connectivity index (χ2v) is 7.30. The number of piperazine rings is 1. The smallest absolute Gasteiger partial charge is 0.0307 e. The normalized spacial score (nSPS) is 31.2. The van der Waals surface area contributed by atoms with E-state index >= 15 is 0 Å². The molecule has 3 heteroatoms.